The molecule has 0 unspecified atom stereocenters. The molecule has 0 atom stereocenters. The molecule has 1 amide bonds. The Labute approximate surface area is 145 Å². The molecule has 122 valence electrons. The molecule has 0 heterocycles. The maximum absolute atomic E-state index is 11.9. The summed E-state index contributed by atoms with van der Waals surface area (Å²) in [5.41, 5.74) is 13.3. The third-order valence-corrected chi connectivity index (χ3v) is 4.61. The zero-order chi connectivity index (χ0) is 17.6. The summed E-state index contributed by atoms with van der Waals surface area (Å²) in [6.07, 6.45) is 3.79. The van der Waals surface area contributed by atoms with Crippen LogP contribution in [0.4, 0.5) is 5.69 Å². The summed E-state index contributed by atoms with van der Waals surface area (Å²) in [6.45, 7) is 1.91. The fourth-order valence-electron chi connectivity index (χ4n) is 3.51. The Balaban J connectivity index is 2.16. The van der Waals surface area contributed by atoms with Crippen molar-refractivity contribution in [1.82, 2.24) is 0 Å². The molecule has 3 nitrogen and oxygen atoms in total. The first-order chi connectivity index (χ1) is 12.1. The van der Waals surface area contributed by atoms with Crippen molar-refractivity contribution in [3.8, 4) is 0 Å². The molecule has 0 saturated carbocycles. The quantitative estimate of drug-likeness (QED) is 0.408. The number of rotatable bonds is 2. The van der Waals surface area contributed by atoms with E-state index >= 15 is 0 Å². The van der Waals surface area contributed by atoms with Gasteiger partial charge in [0.1, 0.15) is 0 Å². The van der Waals surface area contributed by atoms with Gasteiger partial charge in [0.05, 0.1) is 5.56 Å². The van der Waals surface area contributed by atoms with Crippen LogP contribution in [0.1, 0.15) is 22.8 Å². The second-order valence-electron chi connectivity index (χ2n) is 6.24. The predicted octanol–water partition coefficient (Wildman–Crippen LogP) is 4.86. The molecule has 0 fully saturated rings. The van der Waals surface area contributed by atoms with Crippen LogP contribution in [0.25, 0.3) is 38.4 Å². The number of primary amides is 1. The number of hydrogen-bond donors (Lipinski definition) is 2. The van der Waals surface area contributed by atoms with Crippen LogP contribution in [0.3, 0.4) is 0 Å². The molecule has 0 aliphatic rings. The van der Waals surface area contributed by atoms with E-state index in [0.717, 1.165) is 27.1 Å². The second-order valence-corrected chi connectivity index (χ2v) is 6.24. The Hall–Kier alpha value is -3.33. The number of benzene rings is 4. The highest BCUT2D eigenvalue weighted by molar-refractivity contribution is 6.13. The van der Waals surface area contributed by atoms with Gasteiger partial charge in [-0.3, -0.25) is 4.79 Å². The van der Waals surface area contributed by atoms with Crippen LogP contribution in [0, 0.1) is 0 Å². The Kier molecular flexibility index (Phi) is 3.43. The molecular formula is C22H18N2O. The minimum atomic E-state index is -0.508. The highest BCUT2D eigenvalue weighted by Gasteiger charge is 2.15. The molecule has 0 saturated heterocycles. The molecule has 4 N–H and O–H groups in total. The van der Waals surface area contributed by atoms with Gasteiger partial charge in [0.25, 0.3) is 5.91 Å². The average Bonchev–Trinajstić information content (AvgIpc) is 2.58. The number of hydrogen-bond acceptors (Lipinski definition) is 2. The Bertz CT molecular complexity index is 1190. The van der Waals surface area contributed by atoms with Crippen molar-refractivity contribution >= 4 is 50.0 Å². The summed E-state index contributed by atoms with van der Waals surface area (Å²) in [4.78, 5) is 11.9. The summed E-state index contributed by atoms with van der Waals surface area (Å²) in [5.74, 6) is -0.508. The summed E-state index contributed by atoms with van der Waals surface area (Å²) >= 11 is 0. The third kappa shape index (κ3) is 2.41. The number of nitrogens with two attached hydrogens (primary N) is 2. The Morgan fingerprint density at radius 3 is 2.08 bits per heavy atom. The third-order valence-electron chi connectivity index (χ3n) is 4.61. The number of nitrogen functional groups attached to an aromatic ring is 1. The zero-order valence-electron chi connectivity index (χ0n) is 13.9. The summed E-state index contributed by atoms with van der Waals surface area (Å²) < 4.78 is 0. The van der Waals surface area contributed by atoms with Crippen molar-refractivity contribution in [3.63, 3.8) is 0 Å². The predicted molar refractivity (Wildman–Crippen MR) is 107 cm³/mol. The highest BCUT2D eigenvalue weighted by Crippen LogP contribution is 2.33. The largest absolute Gasteiger partial charge is 0.398 e. The molecule has 25 heavy (non-hydrogen) atoms. The zero-order valence-corrected chi connectivity index (χ0v) is 13.9. The number of carbonyl (C=O) groups excluding carboxylic acids is 1. The van der Waals surface area contributed by atoms with Gasteiger partial charge in [-0.25, -0.2) is 0 Å². The van der Waals surface area contributed by atoms with E-state index in [1.807, 2.05) is 37.3 Å². The normalized spacial score (nSPS) is 11.7. The van der Waals surface area contributed by atoms with Crippen molar-refractivity contribution in [2.45, 2.75) is 6.92 Å². The van der Waals surface area contributed by atoms with E-state index < -0.39 is 5.91 Å². The van der Waals surface area contributed by atoms with E-state index in [-0.39, 0.29) is 0 Å². The van der Waals surface area contributed by atoms with Gasteiger partial charge in [0, 0.05) is 5.69 Å². The van der Waals surface area contributed by atoms with Crippen LogP contribution < -0.4 is 11.5 Å². The van der Waals surface area contributed by atoms with E-state index in [1.54, 1.807) is 0 Å². The first kappa shape index (κ1) is 15.2. The maximum Gasteiger partial charge on any atom is 0.251 e. The van der Waals surface area contributed by atoms with Crippen molar-refractivity contribution in [2.75, 3.05) is 5.73 Å². The fraction of sp³-hybridized carbons (Fsp3) is 0.0455. The van der Waals surface area contributed by atoms with Crippen molar-refractivity contribution < 1.29 is 4.79 Å². The topological polar surface area (TPSA) is 69.1 Å². The minimum Gasteiger partial charge on any atom is -0.398 e. The first-order valence-corrected chi connectivity index (χ1v) is 8.19. The monoisotopic (exact) mass is 326 g/mol. The smallest absolute Gasteiger partial charge is 0.251 e. The van der Waals surface area contributed by atoms with Gasteiger partial charge in [-0.1, -0.05) is 36.4 Å². The number of allylic oxidation sites excluding steroid dienone is 1. The highest BCUT2D eigenvalue weighted by atomic mass is 16.1. The van der Waals surface area contributed by atoms with Crippen molar-refractivity contribution in [1.29, 1.82) is 0 Å². The summed E-state index contributed by atoms with van der Waals surface area (Å²) in [5, 5.41) is 6.63. The molecule has 0 aromatic heterocycles. The molecule has 0 aliphatic carbocycles. The fourth-order valence-corrected chi connectivity index (χ4v) is 3.51. The molecule has 0 aliphatic heterocycles. The summed E-state index contributed by atoms with van der Waals surface area (Å²) in [7, 11) is 0. The summed E-state index contributed by atoms with van der Waals surface area (Å²) in [6, 6.07) is 18.7. The van der Waals surface area contributed by atoms with Crippen LogP contribution in [0.2, 0.25) is 0 Å². The van der Waals surface area contributed by atoms with Gasteiger partial charge in [0.2, 0.25) is 0 Å². The lowest BCUT2D eigenvalue weighted by Crippen LogP contribution is -2.15. The lowest BCUT2D eigenvalue weighted by molar-refractivity contribution is 0.100. The second kappa shape index (κ2) is 5.64. The first-order valence-electron chi connectivity index (χ1n) is 8.19. The Morgan fingerprint density at radius 1 is 0.880 bits per heavy atom. The van der Waals surface area contributed by atoms with Gasteiger partial charge < -0.3 is 11.5 Å². The molecule has 4 aromatic rings. The SMILES string of the molecule is C/C=C\c1c(C(N)=O)c(N)cc2cc3cc4ccccc4cc3cc12. The number of carbonyl (C=O) groups is 1. The number of amides is 1. The van der Waals surface area contributed by atoms with Crippen molar-refractivity contribution in [2.24, 2.45) is 5.73 Å². The van der Waals surface area contributed by atoms with Gasteiger partial charge in [-0.2, -0.15) is 0 Å². The van der Waals surface area contributed by atoms with Crippen LogP contribution >= 0.6 is 0 Å². The van der Waals surface area contributed by atoms with E-state index in [1.165, 1.54) is 10.8 Å². The molecular weight excluding hydrogens is 308 g/mol. The molecule has 4 rings (SSSR count). The molecule has 3 heteroatoms. The van der Waals surface area contributed by atoms with Crippen LogP contribution in [-0.4, -0.2) is 5.91 Å². The van der Waals surface area contributed by atoms with Crippen LogP contribution in [0.15, 0.2) is 60.7 Å². The van der Waals surface area contributed by atoms with E-state index in [2.05, 4.69) is 36.4 Å². The number of fused-ring (bicyclic) bond motifs is 3. The lowest BCUT2D eigenvalue weighted by Gasteiger charge is -2.13. The van der Waals surface area contributed by atoms with Gasteiger partial charge in [-0.15, -0.1) is 0 Å². The molecule has 4 aromatic carbocycles. The van der Waals surface area contributed by atoms with Gasteiger partial charge >= 0.3 is 0 Å². The van der Waals surface area contributed by atoms with E-state index in [9.17, 15) is 4.79 Å². The molecule has 0 radical (unpaired) electrons. The van der Waals surface area contributed by atoms with Crippen LogP contribution in [-0.2, 0) is 0 Å². The number of anilines is 1. The van der Waals surface area contributed by atoms with Gasteiger partial charge in [0.15, 0.2) is 0 Å². The average molecular weight is 326 g/mol. The van der Waals surface area contributed by atoms with Gasteiger partial charge in [-0.05, 0) is 75.1 Å². The minimum absolute atomic E-state index is 0.380. The van der Waals surface area contributed by atoms with E-state index in [4.69, 9.17) is 11.5 Å². The standard InChI is InChI=1S/C22H18N2O/c1-2-5-18-19-11-16-9-14-7-4-3-6-13(14)8-15(16)10-17(19)12-20(23)21(18)22(24)25/h2-12H,23H2,1H3,(H2,24,25)/b5-2-. The molecule has 0 bridgehead atoms. The Morgan fingerprint density at radius 2 is 1.48 bits per heavy atom. The van der Waals surface area contributed by atoms with Crippen LogP contribution in [0.5, 0.6) is 0 Å². The molecule has 0 spiro atoms. The van der Waals surface area contributed by atoms with Crippen molar-refractivity contribution in [3.05, 3.63) is 71.8 Å². The maximum atomic E-state index is 11.9. The van der Waals surface area contributed by atoms with E-state index in [0.29, 0.717) is 11.3 Å². The lowest BCUT2D eigenvalue weighted by atomic mass is 9.93.